The maximum atomic E-state index is 12.4. The van der Waals surface area contributed by atoms with Crippen molar-refractivity contribution in [2.45, 2.75) is 25.7 Å². The molecule has 2 aliphatic rings. The molecule has 1 aromatic rings. The number of benzene rings is 1. The average Bonchev–Trinajstić information content (AvgIpc) is 2.47. The Balaban J connectivity index is 1.80. The van der Waals surface area contributed by atoms with Gasteiger partial charge in [-0.25, -0.2) is 0 Å². The smallest absolute Gasteiger partial charge is 0.166 e. The molecule has 2 aliphatic heterocycles. The van der Waals surface area contributed by atoms with Crippen molar-refractivity contribution < 1.29 is 14.3 Å². The molecule has 0 bridgehead atoms. The first-order valence-corrected chi connectivity index (χ1v) is 6.72. The van der Waals surface area contributed by atoms with Gasteiger partial charge in [0.05, 0.1) is 6.61 Å². The van der Waals surface area contributed by atoms with Crippen LogP contribution >= 0.6 is 0 Å². The highest BCUT2D eigenvalue weighted by Crippen LogP contribution is 2.28. The fraction of sp³-hybridized carbons (Fsp3) is 0.533. The Morgan fingerprint density at radius 1 is 1.17 bits per heavy atom. The molecule has 0 aliphatic carbocycles. The Hall–Kier alpha value is -1.35. The number of aryl methyl sites for hydroxylation is 1. The molecule has 0 N–H and O–H groups in total. The predicted molar refractivity (Wildman–Crippen MR) is 68.1 cm³/mol. The van der Waals surface area contributed by atoms with E-state index in [1.54, 1.807) is 0 Å². The maximum Gasteiger partial charge on any atom is 0.166 e. The minimum atomic E-state index is 0.140. The second kappa shape index (κ2) is 5.11. The summed E-state index contributed by atoms with van der Waals surface area (Å²) in [4.78, 5) is 12.4. The zero-order valence-electron chi connectivity index (χ0n) is 10.5. The van der Waals surface area contributed by atoms with E-state index in [-0.39, 0.29) is 11.7 Å². The Bertz CT molecular complexity index is 447. The van der Waals surface area contributed by atoms with Crippen LogP contribution in [0, 0.1) is 5.92 Å². The van der Waals surface area contributed by atoms with Crippen LogP contribution in [-0.2, 0) is 11.2 Å². The lowest BCUT2D eigenvalue weighted by Gasteiger charge is -2.22. The summed E-state index contributed by atoms with van der Waals surface area (Å²) in [6.07, 6.45) is 3.77. The van der Waals surface area contributed by atoms with E-state index in [1.807, 2.05) is 18.2 Å². The Kier molecular flexibility index (Phi) is 3.33. The summed E-state index contributed by atoms with van der Waals surface area (Å²) in [5.74, 6) is 1.36. The van der Waals surface area contributed by atoms with Crippen molar-refractivity contribution in [3.05, 3.63) is 29.3 Å². The van der Waals surface area contributed by atoms with Crippen molar-refractivity contribution in [3.63, 3.8) is 0 Å². The Labute approximate surface area is 107 Å². The normalized spacial score (nSPS) is 20.0. The number of carbonyl (C=O) groups excluding carboxylic acids is 1. The highest BCUT2D eigenvalue weighted by molar-refractivity contribution is 5.98. The van der Waals surface area contributed by atoms with Crippen LogP contribution in [-0.4, -0.2) is 25.6 Å². The van der Waals surface area contributed by atoms with Gasteiger partial charge < -0.3 is 9.47 Å². The molecule has 2 heterocycles. The first-order chi connectivity index (χ1) is 8.84. The predicted octanol–water partition coefficient (Wildman–Crippen LogP) is 2.62. The molecule has 18 heavy (non-hydrogen) atoms. The molecule has 0 spiro atoms. The maximum absolute atomic E-state index is 12.4. The highest BCUT2D eigenvalue weighted by atomic mass is 16.5. The van der Waals surface area contributed by atoms with Crippen molar-refractivity contribution in [3.8, 4) is 5.75 Å². The van der Waals surface area contributed by atoms with Crippen LogP contribution < -0.4 is 4.74 Å². The molecule has 1 fully saturated rings. The Morgan fingerprint density at radius 3 is 2.83 bits per heavy atom. The zero-order chi connectivity index (χ0) is 12.4. The van der Waals surface area contributed by atoms with E-state index in [0.717, 1.165) is 43.6 Å². The molecule has 1 aromatic carbocycles. The van der Waals surface area contributed by atoms with Gasteiger partial charge in [-0.2, -0.15) is 0 Å². The number of hydrogen-bond acceptors (Lipinski definition) is 3. The number of ether oxygens (including phenoxy) is 2. The van der Waals surface area contributed by atoms with Gasteiger partial charge in [0.25, 0.3) is 0 Å². The molecule has 3 nitrogen and oxygen atoms in total. The van der Waals surface area contributed by atoms with Crippen LogP contribution in [0.1, 0.15) is 35.2 Å². The molecule has 0 amide bonds. The first kappa shape index (κ1) is 11.7. The molecule has 3 rings (SSSR count). The highest BCUT2D eigenvalue weighted by Gasteiger charge is 2.23. The molecule has 0 saturated carbocycles. The summed E-state index contributed by atoms with van der Waals surface area (Å²) < 4.78 is 10.9. The summed E-state index contributed by atoms with van der Waals surface area (Å²) in [7, 11) is 0. The van der Waals surface area contributed by atoms with E-state index >= 15 is 0 Å². The third kappa shape index (κ3) is 2.27. The van der Waals surface area contributed by atoms with E-state index in [2.05, 4.69) is 0 Å². The zero-order valence-corrected chi connectivity index (χ0v) is 10.5. The monoisotopic (exact) mass is 246 g/mol. The quantitative estimate of drug-likeness (QED) is 0.752. The fourth-order valence-electron chi connectivity index (χ4n) is 2.71. The number of Topliss-reactive ketones (excluding diaryl/α,β-unsaturated/α-hetero) is 1. The molecule has 1 saturated heterocycles. The topological polar surface area (TPSA) is 35.5 Å². The van der Waals surface area contributed by atoms with Gasteiger partial charge in [0.15, 0.2) is 5.78 Å². The van der Waals surface area contributed by atoms with Gasteiger partial charge in [-0.3, -0.25) is 4.79 Å². The number of ketones is 1. The van der Waals surface area contributed by atoms with Crippen LogP contribution in [0.2, 0.25) is 0 Å². The first-order valence-electron chi connectivity index (χ1n) is 6.72. The van der Waals surface area contributed by atoms with Crippen molar-refractivity contribution >= 4 is 5.78 Å². The van der Waals surface area contributed by atoms with Crippen LogP contribution in [0.5, 0.6) is 5.75 Å². The van der Waals surface area contributed by atoms with Gasteiger partial charge in [-0.15, -0.1) is 0 Å². The molecular weight excluding hydrogens is 228 g/mol. The summed E-state index contributed by atoms with van der Waals surface area (Å²) in [6, 6.07) is 5.87. The standard InChI is InChI=1S/C15H18O3/c16-15(11-5-8-17-9-6-11)13-3-4-14-12(10-13)2-1-7-18-14/h3-4,10-11H,1-2,5-9H2. The summed E-state index contributed by atoms with van der Waals surface area (Å²) in [5.41, 5.74) is 2.02. The van der Waals surface area contributed by atoms with Gasteiger partial charge >= 0.3 is 0 Å². The van der Waals surface area contributed by atoms with Gasteiger partial charge in [0.2, 0.25) is 0 Å². The van der Waals surface area contributed by atoms with E-state index in [4.69, 9.17) is 9.47 Å². The second-order valence-corrected chi connectivity index (χ2v) is 5.03. The van der Waals surface area contributed by atoms with E-state index in [9.17, 15) is 4.79 Å². The van der Waals surface area contributed by atoms with Crippen molar-refractivity contribution in [2.24, 2.45) is 5.92 Å². The average molecular weight is 246 g/mol. The van der Waals surface area contributed by atoms with Crippen molar-refractivity contribution in [1.29, 1.82) is 0 Å². The number of fused-ring (bicyclic) bond motifs is 1. The largest absolute Gasteiger partial charge is 0.493 e. The van der Waals surface area contributed by atoms with Gasteiger partial charge in [0, 0.05) is 24.7 Å². The van der Waals surface area contributed by atoms with Gasteiger partial charge in [-0.1, -0.05) is 0 Å². The molecule has 0 unspecified atom stereocenters. The van der Waals surface area contributed by atoms with E-state index in [1.165, 1.54) is 5.56 Å². The lowest BCUT2D eigenvalue weighted by atomic mass is 9.89. The van der Waals surface area contributed by atoms with Crippen molar-refractivity contribution in [1.82, 2.24) is 0 Å². The van der Waals surface area contributed by atoms with Crippen molar-refractivity contribution in [2.75, 3.05) is 19.8 Å². The third-order valence-electron chi connectivity index (χ3n) is 3.79. The second-order valence-electron chi connectivity index (χ2n) is 5.03. The lowest BCUT2D eigenvalue weighted by molar-refractivity contribution is 0.0544. The molecule has 0 atom stereocenters. The summed E-state index contributed by atoms with van der Waals surface area (Å²) in [5, 5.41) is 0. The van der Waals surface area contributed by atoms with Gasteiger partial charge in [-0.05, 0) is 49.4 Å². The molecular formula is C15H18O3. The fourth-order valence-corrected chi connectivity index (χ4v) is 2.71. The third-order valence-corrected chi connectivity index (χ3v) is 3.79. The molecule has 0 aromatic heterocycles. The lowest BCUT2D eigenvalue weighted by Crippen LogP contribution is -2.23. The molecule has 0 radical (unpaired) electrons. The number of hydrogen-bond donors (Lipinski definition) is 0. The summed E-state index contributed by atoms with van der Waals surface area (Å²) in [6.45, 7) is 2.22. The summed E-state index contributed by atoms with van der Waals surface area (Å²) >= 11 is 0. The number of carbonyl (C=O) groups is 1. The van der Waals surface area contributed by atoms with Crippen LogP contribution in [0.3, 0.4) is 0 Å². The Morgan fingerprint density at radius 2 is 2.00 bits per heavy atom. The molecule has 3 heteroatoms. The molecule has 96 valence electrons. The van der Waals surface area contributed by atoms with Crippen LogP contribution in [0.25, 0.3) is 0 Å². The van der Waals surface area contributed by atoms with Gasteiger partial charge in [0.1, 0.15) is 5.75 Å². The number of rotatable bonds is 2. The SMILES string of the molecule is O=C(c1ccc2c(c1)CCCO2)C1CCOCC1. The van der Waals surface area contributed by atoms with E-state index in [0.29, 0.717) is 13.2 Å². The van der Waals surface area contributed by atoms with Crippen LogP contribution in [0.15, 0.2) is 18.2 Å². The van der Waals surface area contributed by atoms with E-state index < -0.39 is 0 Å². The minimum Gasteiger partial charge on any atom is -0.493 e. The minimum absolute atomic E-state index is 0.140. The van der Waals surface area contributed by atoms with Crippen LogP contribution in [0.4, 0.5) is 0 Å².